The zero-order chi connectivity index (χ0) is 13.5. The third kappa shape index (κ3) is 4.46. The summed E-state index contributed by atoms with van der Waals surface area (Å²) in [7, 11) is 0. The lowest BCUT2D eigenvalue weighted by Gasteiger charge is -2.36. The number of piperidine rings is 2. The highest BCUT2D eigenvalue weighted by Gasteiger charge is 2.26. The van der Waals surface area contributed by atoms with Crippen molar-refractivity contribution in [3.05, 3.63) is 0 Å². The quantitative estimate of drug-likeness (QED) is 0.795. The first-order valence-electron chi connectivity index (χ1n) is 7.92. The van der Waals surface area contributed by atoms with Gasteiger partial charge in [-0.05, 0) is 64.0 Å². The third-order valence-corrected chi connectivity index (χ3v) is 4.63. The zero-order valence-corrected chi connectivity index (χ0v) is 11.9. The molecule has 2 saturated heterocycles. The van der Waals surface area contributed by atoms with Gasteiger partial charge in [0.1, 0.15) is 0 Å². The molecular formula is C15H28N2O2. The molecule has 19 heavy (non-hydrogen) atoms. The first kappa shape index (κ1) is 14.8. The van der Waals surface area contributed by atoms with Gasteiger partial charge >= 0.3 is 0 Å². The number of hydrogen-bond acceptors (Lipinski definition) is 3. The highest BCUT2D eigenvalue weighted by molar-refractivity contribution is 5.76. The van der Waals surface area contributed by atoms with Gasteiger partial charge in [0.15, 0.2) is 0 Å². The summed E-state index contributed by atoms with van der Waals surface area (Å²) in [6, 6.07) is 0.291. The number of rotatable bonds is 5. The van der Waals surface area contributed by atoms with Crippen LogP contribution in [0, 0.1) is 5.92 Å². The summed E-state index contributed by atoms with van der Waals surface area (Å²) in [4.78, 5) is 14.4. The average molecular weight is 268 g/mol. The molecule has 0 spiro atoms. The summed E-state index contributed by atoms with van der Waals surface area (Å²) in [5.74, 6) is 1.04. The fourth-order valence-electron chi connectivity index (χ4n) is 3.42. The SMILES string of the molecule is O=C(CCC1CCNCC1)N1CCCCC1CCO. The smallest absolute Gasteiger partial charge is 0.222 e. The summed E-state index contributed by atoms with van der Waals surface area (Å²) < 4.78 is 0. The Hall–Kier alpha value is -0.610. The number of aliphatic hydroxyl groups is 1. The fraction of sp³-hybridized carbons (Fsp3) is 0.933. The van der Waals surface area contributed by atoms with Crippen molar-refractivity contribution < 1.29 is 9.90 Å². The predicted octanol–water partition coefficient (Wildman–Crippen LogP) is 1.53. The predicted molar refractivity (Wildman–Crippen MR) is 75.9 cm³/mol. The van der Waals surface area contributed by atoms with Crippen molar-refractivity contribution in [1.29, 1.82) is 0 Å². The van der Waals surface area contributed by atoms with Crippen molar-refractivity contribution in [2.45, 2.75) is 57.4 Å². The summed E-state index contributed by atoms with van der Waals surface area (Å²) in [5, 5.41) is 12.5. The standard InChI is InChI=1S/C15H28N2O2/c18-12-8-14-3-1-2-11-17(14)15(19)5-4-13-6-9-16-10-7-13/h13-14,16,18H,1-12H2. The van der Waals surface area contributed by atoms with Gasteiger partial charge in [-0.3, -0.25) is 4.79 Å². The first-order valence-corrected chi connectivity index (χ1v) is 7.92. The molecule has 1 unspecified atom stereocenters. The summed E-state index contributed by atoms with van der Waals surface area (Å²) in [5.41, 5.74) is 0. The van der Waals surface area contributed by atoms with E-state index in [1.807, 2.05) is 4.90 Å². The lowest BCUT2D eigenvalue weighted by Crippen LogP contribution is -2.44. The van der Waals surface area contributed by atoms with Gasteiger partial charge in [0, 0.05) is 25.6 Å². The monoisotopic (exact) mass is 268 g/mol. The molecule has 2 N–H and O–H groups in total. The number of nitrogens with zero attached hydrogens (tertiary/aromatic N) is 1. The second-order valence-electron chi connectivity index (χ2n) is 5.98. The van der Waals surface area contributed by atoms with E-state index in [9.17, 15) is 4.79 Å². The summed E-state index contributed by atoms with van der Waals surface area (Å²) >= 11 is 0. The minimum Gasteiger partial charge on any atom is -0.396 e. The average Bonchev–Trinajstić information content (AvgIpc) is 2.47. The van der Waals surface area contributed by atoms with Crippen molar-refractivity contribution in [1.82, 2.24) is 10.2 Å². The second kappa shape index (κ2) is 7.85. The van der Waals surface area contributed by atoms with Crippen LogP contribution in [-0.4, -0.2) is 48.2 Å². The van der Waals surface area contributed by atoms with E-state index in [0.717, 1.165) is 51.2 Å². The Kier molecular flexibility index (Phi) is 6.11. The second-order valence-corrected chi connectivity index (χ2v) is 5.98. The minimum absolute atomic E-state index is 0.197. The molecule has 2 heterocycles. The first-order chi connectivity index (χ1) is 9.31. The fourth-order valence-corrected chi connectivity index (χ4v) is 3.42. The molecule has 2 fully saturated rings. The molecule has 2 aliphatic rings. The van der Waals surface area contributed by atoms with Gasteiger partial charge in [-0.2, -0.15) is 0 Å². The Bertz CT molecular complexity index is 275. The maximum Gasteiger partial charge on any atom is 0.222 e. The van der Waals surface area contributed by atoms with Crippen LogP contribution in [0.15, 0.2) is 0 Å². The molecule has 1 atom stereocenters. The molecule has 110 valence electrons. The number of likely N-dealkylation sites (tertiary alicyclic amines) is 1. The lowest BCUT2D eigenvalue weighted by molar-refractivity contribution is -0.135. The number of amides is 1. The number of nitrogens with one attached hydrogen (secondary N) is 1. The highest BCUT2D eigenvalue weighted by atomic mass is 16.3. The minimum atomic E-state index is 0.197. The van der Waals surface area contributed by atoms with Gasteiger partial charge < -0.3 is 15.3 Å². The molecule has 0 radical (unpaired) electrons. The molecule has 0 aromatic rings. The van der Waals surface area contributed by atoms with Crippen LogP contribution >= 0.6 is 0 Å². The van der Waals surface area contributed by atoms with Crippen LogP contribution < -0.4 is 5.32 Å². The maximum absolute atomic E-state index is 12.4. The Labute approximate surface area is 116 Å². The van der Waals surface area contributed by atoms with Crippen LogP contribution in [0.4, 0.5) is 0 Å². The molecule has 2 aliphatic heterocycles. The molecule has 0 aromatic heterocycles. The Morgan fingerprint density at radius 3 is 2.68 bits per heavy atom. The highest BCUT2D eigenvalue weighted by Crippen LogP contribution is 2.23. The van der Waals surface area contributed by atoms with Crippen LogP contribution in [0.3, 0.4) is 0 Å². The summed E-state index contributed by atoms with van der Waals surface area (Å²) in [6.07, 6.45) is 8.32. The number of carbonyl (C=O) groups excluding carboxylic acids is 1. The van der Waals surface area contributed by atoms with Crippen LogP contribution in [0.5, 0.6) is 0 Å². The van der Waals surface area contributed by atoms with Gasteiger partial charge in [-0.25, -0.2) is 0 Å². The van der Waals surface area contributed by atoms with Crippen molar-refractivity contribution in [3.63, 3.8) is 0 Å². The van der Waals surface area contributed by atoms with Crippen molar-refractivity contribution in [2.75, 3.05) is 26.2 Å². The molecule has 0 bridgehead atoms. The van der Waals surface area contributed by atoms with Crippen LogP contribution in [0.1, 0.15) is 51.4 Å². The van der Waals surface area contributed by atoms with Gasteiger partial charge in [-0.15, -0.1) is 0 Å². The molecule has 4 heteroatoms. The Morgan fingerprint density at radius 1 is 1.16 bits per heavy atom. The van der Waals surface area contributed by atoms with Crippen molar-refractivity contribution in [2.24, 2.45) is 5.92 Å². The molecule has 0 aromatic carbocycles. The van der Waals surface area contributed by atoms with E-state index >= 15 is 0 Å². The van der Waals surface area contributed by atoms with Crippen LogP contribution in [-0.2, 0) is 4.79 Å². The number of hydrogen-bond donors (Lipinski definition) is 2. The Morgan fingerprint density at radius 2 is 1.95 bits per heavy atom. The maximum atomic E-state index is 12.4. The lowest BCUT2D eigenvalue weighted by atomic mass is 9.92. The number of carbonyl (C=O) groups is 1. The van der Waals surface area contributed by atoms with Crippen molar-refractivity contribution >= 4 is 5.91 Å². The van der Waals surface area contributed by atoms with E-state index in [1.54, 1.807) is 0 Å². The molecule has 0 aliphatic carbocycles. The summed E-state index contributed by atoms with van der Waals surface area (Å²) in [6.45, 7) is 3.31. The van der Waals surface area contributed by atoms with E-state index in [0.29, 0.717) is 18.4 Å². The van der Waals surface area contributed by atoms with Crippen LogP contribution in [0.25, 0.3) is 0 Å². The van der Waals surface area contributed by atoms with E-state index < -0.39 is 0 Å². The van der Waals surface area contributed by atoms with Gasteiger partial charge in [-0.1, -0.05) is 0 Å². The van der Waals surface area contributed by atoms with E-state index in [2.05, 4.69) is 5.32 Å². The van der Waals surface area contributed by atoms with Gasteiger partial charge in [0.2, 0.25) is 5.91 Å². The zero-order valence-electron chi connectivity index (χ0n) is 11.9. The largest absolute Gasteiger partial charge is 0.396 e. The van der Waals surface area contributed by atoms with E-state index in [1.165, 1.54) is 19.3 Å². The Balaban J connectivity index is 1.76. The molecule has 4 nitrogen and oxygen atoms in total. The molecular weight excluding hydrogens is 240 g/mol. The topological polar surface area (TPSA) is 52.6 Å². The third-order valence-electron chi connectivity index (χ3n) is 4.63. The van der Waals surface area contributed by atoms with Crippen molar-refractivity contribution in [3.8, 4) is 0 Å². The normalized spacial score (nSPS) is 25.5. The van der Waals surface area contributed by atoms with Gasteiger partial charge in [0.05, 0.1) is 0 Å². The van der Waals surface area contributed by atoms with Crippen LogP contribution in [0.2, 0.25) is 0 Å². The molecule has 2 rings (SSSR count). The van der Waals surface area contributed by atoms with Gasteiger partial charge in [0.25, 0.3) is 0 Å². The molecule has 0 saturated carbocycles. The molecule has 1 amide bonds. The number of aliphatic hydroxyl groups excluding tert-OH is 1. The van der Waals surface area contributed by atoms with E-state index in [4.69, 9.17) is 5.11 Å². The van der Waals surface area contributed by atoms with E-state index in [-0.39, 0.29) is 6.61 Å².